The second-order valence-corrected chi connectivity index (χ2v) is 3.04. The highest BCUT2D eigenvalue weighted by Crippen LogP contribution is 2.16. The molecule has 14 heavy (non-hydrogen) atoms. The molecule has 1 aromatic heterocycles. The van der Waals surface area contributed by atoms with Gasteiger partial charge in [0.1, 0.15) is 5.52 Å². The largest absolute Gasteiger partial charge is 0.548 e. The van der Waals surface area contributed by atoms with E-state index in [9.17, 15) is 0 Å². The van der Waals surface area contributed by atoms with Crippen LogP contribution in [0.2, 0.25) is 0 Å². The van der Waals surface area contributed by atoms with Crippen molar-refractivity contribution in [3.8, 4) is 0 Å². The molecule has 0 bridgehead atoms. The summed E-state index contributed by atoms with van der Waals surface area (Å²) in [6.07, 6.45) is 0.827. The van der Waals surface area contributed by atoms with Crippen LogP contribution >= 0.6 is 0 Å². The van der Waals surface area contributed by atoms with Crippen LogP contribution in [-0.2, 0) is 6.42 Å². The Bertz CT molecular complexity index is 452. The molecule has 2 aromatic rings. The fourth-order valence-electron chi connectivity index (χ4n) is 1.41. The van der Waals surface area contributed by atoms with Crippen molar-refractivity contribution in [1.82, 2.24) is 4.98 Å². The molecule has 0 spiro atoms. The first-order valence-electron chi connectivity index (χ1n) is 4.47. The van der Waals surface area contributed by atoms with Crippen LogP contribution in [0.15, 0.2) is 22.6 Å². The van der Waals surface area contributed by atoms with Crippen molar-refractivity contribution in [2.24, 2.45) is 0 Å². The van der Waals surface area contributed by atoms with Gasteiger partial charge in [-0.3, -0.25) is 0 Å². The molecule has 72 valence electrons. The van der Waals surface area contributed by atoms with Crippen molar-refractivity contribution in [3.63, 3.8) is 0 Å². The summed E-state index contributed by atoms with van der Waals surface area (Å²) in [5, 5.41) is 17.8. The smallest absolute Gasteiger partial charge is 0.443 e. The van der Waals surface area contributed by atoms with Crippen LogP contribution in [-0.4, -0.2) is 22.2 Å². The van der Waals surface area contributed by atoms with Crippen molar-refractivity contribution >= 4 is 24.0 Å². The monoisotopic (exact) mass is 191 g/mol. The van der Waals surface area contributed by atoms with Crippen LogP contribution in [0.3, 0.4) is 0 Å². The molecule has 1 aromatic carbocycles. The molecule has 0 fully saturated rings. The first kappa shape index (κ1) is 9.24. The Morgan fingerprint density at radius 2 is 2.21 bits per heavy atom. The number of aryl methyl sites for hydroxylation is 1. The van der Waals surface area contributed by atoms with E-state index < -0.39 is 7.12 Å². The highest BCUT2D eigenvalue weighted by molar-refractivity contribution is 6.56. The summed E-state index contributed by atoms with van der Waals surface area (Å²) in [4.78, 5) is 3.95. The highest BCUT2D eigenvalue weighted by atomic mass is 16.4. The first-order valence-corrected chi connectivity index (χ1v) is 4.47. The quantitative estimate of drug-likeness (QED) is 0.659. The third-order valence-corrected chi connectivity index (χ3v) is 2.11. The predicted octanol–water partition coefficient (Wildman–Crippen LogP) is 0.0700. The zero-order valence-electron chi connectivity index (χ0n) is 7.77. The van der Waals surface area contributed by atoms with Gasteiger partial charge in [0.2, 0.25) is 5.79 Å². The molecule has 0 unspecified atom stereocenters. The first-order chi connectivity index (χ1) is 6.72. The van der Waals surface area contributed by atoms with E-state index in [1.807, 2.05) is 19.1 Å². The van der Waals surface area contributed by atoms with Crippen LogP contribution in [0.4, 0.5) is 0 Å². The number of rotatable bonds is 2. The fourth-order valence-corrected chi connectivity index (χ4v) is 1.41. The third-order valence-electron chi connectivity index (χ3n) is 2.11. The third kappa shape index (κ3) is 1.40. The summed E-state index contributed by atoms with van der Waals surface area (Å²) < 4.78 is 5.24. The Kier molecular flexibility index (Phi) is 2.27. The van der Waals surface area contributed by atoms with Gasteiger partial charge < -0.3 is 14.5 Å². The number of aromatic nitrogens is 1. The van der Waals surface area contributed by atoms with Gasteiger partial charge in [0.05, 0.1) is 0 Å². The second kappa shape index (κ2) is 3.44. The maximum atomic E-state index is 8.89. The zero-order valence-corrected chi connectivity index (χ0v) is 7.77. The van der Waals surface area contributed by atoms with Gasteiger partial charge in [-0.05, 0) is 18.1 Å². The van der Waals surface area contributed by atoms with Crippen molar-refractivity contribution < 1.29 is 14.5 Å². The predicted molar refractivity (Wildman–Crippen MR) is 53.2 cm³/mol. The van der Waals surface area contributed by atoms with Crippen LogP contribution in [0.1, 0.15) is 12.5 Å². The average molecular weight is 191 g/mol. The summed E-state index contributed by atoms with van der Waals surface area (Å²) in [6.45, 7) is 2.01. The van der Waals surface area contributed by atoms with Crippen LogP contribution in [0, 0.1) is 0 Å². The molecule has 0 aliphatic carbocycles. The molecule has 0 saturated heterocycles. The number of fused-ring (bicyclic) bond motifs is 1. The molecule has 4 nitrogen and oxygen atoms in total. The molecular weight excluding hydrogens is 181 g/mol. The molecule has 0 saturated carbocycles. The van der Waals surface area contributed by atoms with Gasteiger partial charge in [-0.25, -0.2) is 4.98 Å². The van der Waals surface area contributed by atoms with E-state index >= 15 is 0 Å². The van der Waals surface area contributed by atoms with Gasteiger partial charge in [-0.2, -0.15) is 0 Å². The summed E-state index contributed by atoms with van der Waals surface area (Å²) in [7, 11) is -1.65. The van der Waals surface area contributed by atoms with E-state index in [4.69, 9.17) is 14.5 Å². The van der Waals surface area contributed by atoms with Gasteiger partial charge in [-0.15, -0.1) is 0 Å². The minimum absolute atomic E-state index is 0.0547. The number of hydrogen-bond donors (Lipinski definition) is 2. The van der Waals surface area contributed by atoms with Crippen LogP contribution in [0.25, 0.3) is 11.1 Å². The molecule has 0 atom stereocenters. The topological polar surface area (TPSA) is 66.5 Å². The molecule has 0 radical (unpaired) electrons. The fraction of sp³-hybridized carbons (Fsp3) is 0.222. The lowest BCUT2D eigenvalue weighted by Crippen LogP contribution is -2.30. The Hall–Kier alpha value is -1.33. The van der Waals surface area contributed by atoms with Gasteiger partial charge >= 0.3 is 7.12 Å². The van der Waals surface area contributed by atoms with Crippen LogP contribution in [0.5, 0.6) is 0 Å². The zero-order chi connectivity index (χ0) is 10.1. The van der Waals surface area contributed by atoms with E-state index in [1.54, 1.807) is 6.07 Å². The van der Waals surface area contributed by atoms with E-state index in [1.165, 1.54) is 0 Å². The molecule has 0 amide bonds. The maximum absolute atomic E-state index is 8.89. The minimum Gasteiger partial charge on any atom is -0.443 e. The van der Waals surface area contributed by atoms with Gasteiger partial charge in [-0.1, -0.05) is 19.1 Å². The normalized spacial score (nSPS) is 10.8. The van der Waals surface area contributed by atoms with Crippen molar-refractivity contribution in [3.05, 3.63) is 23.8 Å². The number of benzene rings is 1. The van der Waals surface area contributed by atoms with Gasteiger partial charge in [0, 0.05) is 0 Å². The molecule has 0 aliphatic heterocycles. The molecular formula is C9H10BNO3. The lowest BCUT2D eigenvalue weighted by molar-refractivity contribution is 0.409. The molecule has 2 N–H and O–H groups in total. The van der Waals surface area contributed by atoms with E-state index in [0.29, 0.717) is 11.1 Å². The minimum atomic E-state index is -1.65. The molecule has 2 rings (SSSR count). The molecule has 1 heterocycles. The Morgan fingerprint density at radius 1 is 1.43 bits per heavy atom. The average Bonchev–Trinajstić information content (AvgIpc) is 2.60. The SMILES string of the molecule is CCc1cccc2nc(B(O)O)oc12. The Morgan fingerprint density at radius 3 is 2.86 bits per heavy atom. The van der Waals surface area contributed by atoms with E-state index in [2.05, 4.69) is 4.98 Å². The maximum Gasteiger partial charge on any atom is 0.548 e. The summed E-state index contributed by atoms with van der Waals surface area (Å²) in [5.74, 6) is -0.0547. The Balaban J connectivity index is 2.64. The summed E-state index contributed by atoms with van der Waals surface area (Å²) in [6, 6.07) is 5.59. The van der Waals surface area contributed by atoms with Crippen molar-refractivity contribution in [2.75, 3.05) is 0 Å². The molecule has 0 aliphatic rings. The summed E-state index contributed by atoms with van der Waals surface area (Å²) >= 11 is 0. The number of hydrogen-bond acceptors (Lipinski definition) is 4. The lowest BCUT2D eigenvalue weighted by Gasteiger charge is -1.94. The summed E-state index contributed by atoms with van der Waals surface area (Å²) in [5.41, 5.74) is 2.31. The van der Waals surface area contributed by atoms with Gasteiger partial charge in [0.15, 0.2) is 5.58 Å². The van der Waals surface area contributed by atoms with E-state index in [0.717, 1.165) is 12.0 Å². The molecule has 5 heteroatoms. The highest BCUT2D eigenvalue weighted by Gasteiger charge is 2.19. The second-order valence-electron chi connectivity index (χ2n) is 3.04. The van der Waals surface area contributed by atoms with Crippen molar-refractivity contribution in [1.29, 1.82) is 0 Å². The number of nitrogens with zero attached hydrogens (tertiary/aromatic N) is 1. The standard InChI is InChI=1S/C9H10BNO3/c1-2-6-4-3-5-7-8(6)14-9(11-7)10(12)13/h3-5,12-13H,2H2,1H3. The number of para-hydroxylation sites is 1. The lowest BCUT2D eigenvalue weighted by atomic mass is 9.93. The van der Waals surface area contributed by atoms with Crippen LogP contribution < -0.4 is 5.79 Å². The van der Waals surface area contributed by atoms with Gasteiger partial charge in [0.25, 0.3) is 0 Å². The van der Waals surface area contributed by atoms with Crippen molar-refractivity contribution in [2.45, 2.75) is 13.3 Å². The number of oxazole rings is 1. The Labute approximate surface area is 81.3 Å². The van der Waals surface area contributed by atoms with E-state index in [-0.39, 0.29) is 5.79 Å².